The van der Waals surface area contributed by atoms with Gasteiger partial charge in [-0.3, -0.25) is 0 Å². The van der Waals surface area contributed by atoms with Gasteiger partial charge in [0.1, 0.15) is 0 Å². The summed E-state index contributed by atoms with van der Waals surface area (Å²) in [6.07, 6.45) is 3.45. The molecule has 0 aliphatic heterocycles. The van der Waals surface area contributed by atoms with Crippen molar-refractivity contribution in [1.82, 2.24) is 0 Å². The summed E-state index contributed by atoms with van der Waals surface area (Å²) >= 11 is 0. The Labute approximate surface area is 92.7 Å². The summed E-state index contributed by atoms with van der Waals surface area (Å²) in [6, 6.07) is 8.66. The van der Waals surface area contributed by atoms with Crippen molar-refractivity contribution in [1.29, 1.82) is 0 Å². The van der Waals surface area contributed by atoms with E-state index in [1.807, 2.05) is 0 Å². The lowest BCUT2D eigenvalue weighted by molar-refractivity contribution is 0.339. The van der Waals surface area contributed by atoms with Crippen molar-refractivity contribution in [2.45, 2.75) is 45.6 Å². The van der Waals surface area contributed by atoms with Gasteiger partial charge in [-0.2, -0.15) is 0 Å². The third-order valence-electron chi connectivity index (χ3n) is 3.63. The fourth-order valence-corrected chi connectivity index (χ4v) is 2.79. The molecule has 1 atom stereocenters. The maximum Gasteiger partial charge on any atom is 0.0415 e. The molecule has 1 heteroatoms. The quantitative estimate of drug-likeness (QED) is 0.744. The highest BCUT2D eigenvalue weighted by atomic mass is 14.8. The molecule has 0 radical (unpaired) electrons. The Kier molecular flexibility index (Phi) is 2.38. The van der Waals surface area contributed by atoms with E-state index in [1.54, 1.807) is 0 Å². The molecular weight excluding hydrogens is 182 g/mol. The van der Waals surface area contributed by atoms with Crippen LogP contribution in [0.15, 0.2) is 24.3 Å². The van der Waals surface area contributed by atoms with Gasteiger partial charge in [0.2, 0.25) is 0 Å². The summed E-state index contributed by atoms with van der Waals surface area (Å²) in [6.45, 7) is 6.77. The highest BCUT2D eigenvalue weighted by Gasteiger charge is 2.41. The molecule has 1 aliphatic carbocycles. The Morgan fingerprint density at radius 2 is 1.93 bits per heavy atom. The Balaban J connectivity index is 2.31. The van der Waals surface area contributed by atoms with Crippen LogP contribution in [-0.2, 0) is 5.54 Å². The molecule has 2 rings (SSSR count). The van der Waals surface area contributed by atoms with Gasteiger partial charge >= 0.3 is 0 Å². The molecule has 1 aromatic rings. The van der Waals surface area contributed by atoms with Crippen LogP contribution in [0.2, 0.25) is 0 Å². The van der Waals surface area contributed by atoms with Crippen LogP contribution in [0.25, 0.3) is 0 Å². The van der Waals surface area contributed by atoms with Crippen molar-refractivity contribution in [2.24, 2.45) is 11.1 Å². The third kappa shape index (κ3) is 2.07. The standard InChI is InChI=1S/C14H21N/c1-11-5-4-6-12(9-11)14(15)8-7-13(2,3)10-14/h4-6,9H,7-8,10,15H2,1-3H3. The maximum absolute atomic E-state index is 6.52. The molecule has 1 unspecified atom stereocenters. The fraction of sp³-hybridized carbons (Fsp3) is 0.571. The minimum atomic E-state index is -0.0878. The summed E-state index contributed by atoms with van der Waals surface area (Å²) in [5.41, 5.74) is 9.46. The summed E-state index contributed by atoms with van der Waals surface area (Å²) in [5.74, 6) is 0. The molecule has 0 heterocycles. The number of rotatable bonds is 1. The summed E-state index contributed by atoms with van der Waals surface area (Å²) in [5, 5.41) is 0. The van der Waals surface area contributed by atoms with Crippen LogP contribution in [-0.4, -0.2) is 0 Å². The molecule has 82 valence electrons. The van der Waals surface area contributed by atoms with Gasteiger partial charge in [-0.05, 0) is 37.2 Å². The van der Waals surface area contributed by atoms with Gasteiger partial charge in [0, 0.05) is 5.54 Å². The lowest BCUT2D eigenvalue weighted by Crippen LogP contribution is -2.34. The molecule has 1 aliphatic rings. The summed E-state index contributed by atoms with van der Waals surface area (Å²) < 4.78 is 0. The zero-order chi connectivity index (χ0) is 11.1. The van der Waals surface area contributed by atoms with Crippen molar-refractivity contribution in [3.8, 4) is 0 Å². The molecule has 15 heavy (non-hydrogen) atoms. The first kappa shape index (κ1) is 10.7. The van der Waals surface area contributed by atoms with Crippen molar-refractivity contribution in [3.63, 3.8) is 0 Å². The molecule has 0 spiro atoms. The van der Waals surface area contributed by atoms with E-state index in [2.05, 4.69) is 45.0 Å². The lowest BCUT2D eigenvalue weighted by atomic mass is 9.84. The normalized spacial score (nSPS) is 29.3. The first-order valence-corrected chi connectivity index (χ1v) is 5.77. The Morgan fingerprint density at radius 3 is 2.47 bits per heavy atom. The van der Waals surface area contributed by atoms with Gasteiger partial charge in [0.15, 0.2) is 0 Å². The van der Waals surface area contributed by atoms with E-state index >= 15 is 0 Å². The Hall–Kier alpha value is -0.820. The largest absolute Gasteiger partial charge is 0.321 e. The second-order valence-corrected chi connectivity index (χ2v) is 5.87. The molecule has 0 amide bonds. The van der Waals surface area contributed by atoms with E-state index in [0.29, 0.717) is 5.41 Å². The predicted octanol–water partition coefficient (Wildman–Crippen LogP) is 3.36. The average Bonchev–Trinajstić information content (AvgIpc) is 2.42. The predicted molar refractivity (Wildman–Crippen MR) is 64.7 cm³/mol. The van der Waals surface area contributed by atoms with Gasteiger partial charge in [-0.1, -0.05) is 43.7 Å². The molecular formula is C14H21N. The number of benzene rings is 1. The monoisotopic (exact) mass is 203 g/mol. The molecule has 0 saturated heterocycles. The van der Waals surface area contributed by atoms with E-state index in [4.69, 9.17) is 5.73 Å². The van der Waals surface area contributed by atoms with Crippen LogP contribution in [0.5, 0.6) is 0 Å². The van der Waals surface area contributed by atoms with Crippen LogP contribution < -0.4 is 5.73 Å². The summed E-state index contributed by atoms with van der Waals surface area (Å²) in [7, 11) is 0. The number of hydrogen-bond donors (Lipinski definition) is 1. The van der Waals surface area contributed by atoms with E-state index < -0.39 is 0 Å². The first-order valence-electron chi connectivity index (χ1n) is 5.77. The van der Waals surface area contributed by atoms with E-state index in [-0.39, 0.29) is 5.54 Å². The molecule has 0 bridgehead atoms. The van der Waals surface area contributed by atoms with E-state index in [0.717, 1.165) is 12.8 Å². The smallest absolute Gasteiger partial charge is 0.0415 e. The van der Waals surface area contributed by atoms with Crippen molar-refractivity contribution >= 4 is 0 Å². The second-order valence-electron chi connectivity index (χ2n) is 5.87. The number of aryl methyl sites for hydroxylation is 1. The molecule has 0 aromatic heterocycles. The fourth-order valence-electron chi connectivity index (χ4n) is 2.79. The van der Waals surface area contributed by atoms with Gasteiger partial charge in [0.05, 0.1) is 0 Å². The highest BCUT2D eigenvalue weighted by molar-refractivity contribution is 5.30. The first-order chi connectivity index (χ1) is 6.91. The van der Waals surface area contributed by atoms with Crippen LogP contribution in [0, 0.1) is 12.3 Å². The zero-order valence-corrected chi connectivity index (χ0v) is 10.0. The van der Waals surface area contributed by atoms with Gasteiger partial charge in [-0.25, -0.2) is 0 Å². The molecule has 1 fully saturated rings. The maximum atomic E-state index is 6.52. The van der Waals surface area contributed by atoms with Crippen molar-refractivity contribution in [3.05, 3.63) is 35.4 Å². The molecule has 2 N–H and O–H groups in total. The second kappa shape index (κ2) is 3.34. The van der Waals surface area contributed by atoms with E-state index in [9.17, 15) is 0 Å². The molecule has 1 nitrogen and oxygen atoms in total. The number of nitrogens with two attached hydrogens (primary N) is 1. The number of hydrogen-bond acceptors (Lipinski definition) is 1. The lowest BCUT2D eigenvalue weighted by Gasteiger charge is -2.27. The molecule has 1 aromatic carbocycles. The van der Waals surface area contributed by atoms with Crippen LogP contribution in [0.4, 0.5) is 0 Å². The minimum absolute atomic E-state index is 0.0878. The Morgan fingerprint density at radius 1 is 1.20 bits per heavy atom. The van der Waals surface area contributed by atoms with Crippen molar-refractivity contribution < 1.29 is 0 Å². The third-order valence-corrected chi connectivity index (χ3v) is 3.63. The minimum Gasteiger partial charge on any atom is -0.321 e. The van der Waals surface area contributed by atoms with Gasteiger partial charge < -0.3 is 5.73 Å². The van der Waals surface area contributed by atoms with E-state index in [1.165, 1.54) is 17.5 Å². The van der Waals surface area contributed by atoms with Gasteiger partial charge in [-0.15, -0.1) is 0 Å². The summed E-state index contributed by atoms with van der Waals surface area (Å²) in [4.78, 5) is 0. The molecule has 1 saturated carbocycles. The zero-order valence-electron chi connectivity index (χ0n) is 10.0. The topological polar surface area (TPSA) is 26.0 Å². The highest BCUT2D eigenvalue weighted by Crippen LogP contribution is 2.47. The van der Waals surface area contributed by atoms with Crippen LogP contribution in [0.3, 0.4) is 0 Å². The SMILES string of the molecule is Cc1cccc(C2(N)CCC(C)(C)C2)c1. The van der Waals surface area contributed by atoms with Gasteiger partial charge in [0.25, 0.3) is 0 Å². The van der Waals surface area contributed by atoms with Crippen LogP contribution in [0.1, 0.15) is 44.2 Å². The average molecular weight is 203 g/mol. The Bertz CT molecular complexity index is 367. The van der Waals surface area contributed by atoms with Crippen molar-refractivity contribution in [2.75, 3.05) is 0 Å². The van der Waals surface area contributed by atoms with Crippen LogP contribution >= 0.6 is 0 Å².